The predicted octanol–water partition coefficient (Wildman–Crippen LogP) is 2.23. The summed E-state index contributed by atoms with van der Waals surface area (Å²) in [6, 6.07) is 19.8. The number of rotatable bonds is 6. The average Bonchev–Trinajstić information content (AvgIpc) is 3.32. The summed E-state index contributed by atoms with van der Waals surface area (Å²) in [5.74, 6) is 2.09. The summed E-state index contributed by atoms with van der Waals surface area (Å²) in [6.07, 6.45) is 6.13. The van der Waals surface area contributed by atoms with E-state index in [1.54, 1.807) is 7.05 Å². The van der Waals surface area contributed by atoms with Gasteiger partial charge in [-0.2, -0.15) is 0 Å². The number of hydrogen-bond acceptors (Lipinski definition) is 4. The second kappa shape index (κ2) is 14.9. The fourth-order valence-corrected chi connectivity index (χ4v) is 4.84. The maximum atomic E-state index is 8.16. The molecule has 2 aromatic carbocycles. The molecule has 186 valence electrons. The predicted molar refractivity (Wildman–Crippen MR) is 144 cm³/mol. The first-order chi connectivity index (χ1) is 17.2. The fraction of sp³-hybridized carbons (Fsp3) is 0.393. The molecule has 2 aliphatic rings. The molecule has 1 aromatic heterocycles. The van der Waals surface area contributed by atoms with Crippen molar-refractivity contribution in [2.45, 2.75) is 38.0 Å². The van der Waals surface area contributed by atoms with Crippen molar-refractivity contribution in [2.24, 2.45) is 5.73 Å². The minimum Gasteiger partial charge on any atom is -0.619 e. The van der Waals surface area contributed by atoms with Crippen LogP contribution in [0.3, 0.4) is 0 Å². The van der Waals surface area contributed by atoms with E-state index in [0.717, 1.165) is 54.5 Å². The van der Waals surface area contributed by atoms with Gasteiger partial charge >= 0.3 is 51.4 Å². The van der Waals surface area contributed by atoms with Crippen LogP contribution in [0.15, 0.2) is 60.7 Å². The SMILES string of the molecule is C1CNCCN1.C[N-]n1c(C2CCCCC2)cc(-c2ccc(Oc3ccccc3)cc2)c1C(=N)N.[K+]. The summed E-state index contributed by atoms with van der Waals surface area (Å²) >= 11 is 0. The molecule has 1 aliphatic carbocycles. The Morgan fingerprint density at radius 3 is 2.03 bits per heavy atom. The Labute approximate surface area is 257 Å². The van der Waals surface area contributed by atoms with Crippen LogP contribution in [0.1, 0.15) is 49.4 Å². The van der Waals surface area contributed by atoms with Crippen molar-refractivity contribution in [2.75, 3.05) is 33.2 Å². The monoisotopic (exact) mass is 512 g/mol. The van der Waals surface area contributed by atoms with Gasteiger partial charge in [-0.15, -0.1) is 7.05 Å². The molecule has 1 saturated carbocycles. The number of para-hydroxylation sites is 1. The molecular formula is C28H37KN6O. The van der Waals surface area contributed by atoms with E-state index < -0.39 is 0 Å². The number of ether oxygens (including phenoxy) is 1. The second-order valence-corrected chi connectivity index (χ2v) is 9.03. The quantitative estimate of drug-likeness (QED) is 0.231. The first kappa shape index (κ1) is 28.9. The zero-order valence-corrected chi connectivity index (χ0v) is 24.7. The Bertz CT molecular complexity index is 1060. The second-order valence-electron chi connectivity index (χ2n) is 9.03. The van der Waals surface area contributed by atoms with E-state index in [4.69, 9.17) is 15.9 Å². The third kappa shape index (κ3) is 7.68. The van der Waals surface area contributed by atoms with Crippen molar-refractivity contribution in [1.82, 2.24) is 15.3 Å². The smallest absolute Gasteiger partial charge is 0.619 e. The molecule has 0 atom stereocenters. The van der Waals surface area contributed by atoms with Gasteiger partial charge in [0.05, 0.1) is 5.69 Å². The number of amidine groups is 1. The molecule has 2 fully saturated rings. The van der Waals surface area contributed by atoms with E-state index in [9.17, 15) is 0 Å². The van der Waals surface area contributed by atoms with E-state index in [1.165, 1.54) is 32.1 Å². The Morgan fingerprint density at radius 1 is 0.917 bits per heavy atom. The van der Waals surface area contributed by atoms with Gasteiger partial charge in [0.2, 0.25) is 0 Å². The summed E-state index contributed by atoms with van der Waals surface area (Å²) in [5.41, 5.74) is 14.2. The molecule has 5 rings (SSSR count). The van der Waals surface area contributed by atoms with Crippen LogP contribution in [0.4, 0.5) is 0 Å². The average molecular weight is 513 g/mol. The van der Waals surface area contributed by atoms with Gasteiger partial charge in [-0.05, 0) is 54.7 Å². The molecule has 1 aliphatic heterocycles. The largest absolute Gasteiger partial charge is 1.00 e. The maximum absolute atomic E-state index is 8.16. The summed E-state index contributed by atoms with van der Waals surface area (Å²) in [4.78, 5) is 0. The van der Waals surface area contributed by atoms with Crippen LogP contribution in [0.5, 0.6) is 11.5 Å². The number of hydrogen-bond donors (Lipinski definition) is 4. The van der Waals surface area contributed by atoms with Crippen LogP contribution in [-0.4, -0.2) is 43.7 Å². The van der Waals surface area contributed by atoms with Crippen molar-refractivity contribution in [3.05, 3.63) is 77.5 Å². The van der Waals surface area contributed by atoms with Crippen molar-refractivity contribution in [1.29, 1.82) is 5.41 Å². The summed E-state index contributed by atoms with van der Waals surface area (Å²) in [6.45, 7) is 4.56. The standard InChI is InChI=1S/C24H27N4O.C4H10N2.K/c1-27-28-22(18-8-4-2-5-9-18)16-21(23(28)24(25)26)17-12-14-20(15-13-17)29-19-10-6-3-7-11-19;1-2-6-4-3-5-1;/h3,6-7,10-16,18H,2,4-5,8-9H2,1H3,(H3,25,26);5-6H,1-4H2;/q-1;;+1. The molecule has 7 nitrogen and oxygen atoms in total. The number of nitrogen functional groups attached to an aromatic ring is 1. The zero-order chi connectivity index (χ0) is 24.5. The molecule has 3 aromatic rings. The van der Waals surface area contributed by atoms with Gasteiger partial charge in [0.15, 0.2) is 0 Å². The molecule has 0 bridgehead atoms. The topological polar surface area (TPSA) is 102 Å². The molecule has 36 heavy (non-hydrogen) atoms. The number of nitrogens with zero attached hydrogens (tertiary/aromatic N) is 2. The summed E-state index contributed by atoms with van der Waals surface area (Å²) < 4.78 is 7.78. The summed E-state index contributed by atoms with van der Waals surface area (Å²) in [7, 11) is 1.76. The van der Waals surface area contributed by atoms with Crippen molar-refractivity contribution < 1.29 is 56.1 Å². The zero-order valence-electron chi connectivity index (χ0n) is 21.6. The molecule has 1 saturated heterocycles. The molecule has 2 heterocycles. The van der Waals surface area contributed by atoms with Crippen LogP contribution >= 0.6 is 0 Å². The van der Waals surface area contributed by atoms with E-state index >= 15 is 0 Å². The normalized spacial score (nSPS) is 15.7. The van der Waals surface area contributed by atoms with E-state index in [1.807, 2.05) is 59.3 Å². The third-order valence-electron chi connectivity index (χ3n) is 6.58. The molecular weight excluding hydrogens is 475 g/mol. The minimum absolute atomic E-state index is 0. The summed E-state index contributed by atoms with van der Waals surface area (Å²) in [5, 5.41) is 14.6. The van der Waals surface area contributed by atoms with Gasteiger partial charge in [-0.1, -0.05) is 49.6 Å². The van der Waals surface area contributed by atoms with Crippen molar-refractivity contribution in [3.63, 3.8) is 0 Å². The Balaban J connectivity index is 0.000000453. The number of benzene rings is 2. The van der Waals surface area contributed by atoms with Gasteiger partial charge < -0.3 is 31.2 Å². The molecule has 0 unspecified atom stereocenters. The van der Waals surface area contributed by atoms with Gasteiger partial charge in [0.1, 0.15) is 17.3 Å². The number of aromatic nitrogens is 1. The molecule has 0 radical (unpaired) electrons. The number of nitrogens with two attached hydrogens (primary N) is 1. The third-order valence-corrected chi connectivity index (χ3v) is 6.58. The van der Waals surface area contributed by atoms with Gasteiger partial charge in [-0.3, -0.25) is 5.41 Å². The van der Waals surface area contributed by atoms with Crippen LogP contribution in [0, 0.1) is 5.41 Å². The number of piperazine rings is 1. The van der Waals surface area contributed by atoms with Crippen LogP contribution in [0.2, 0.25) is 0 Å². The van der Waals surface area contributed by atoms with Crippen molar-refractivity contribution in [3.8, 4) is 22.6 Å². The Morgan fingerprint density at radius 2 is 1.50 bits per heavy atom. The van der Waals surface area contributed by atoms with Crippen molar-refractivity contribution >= 4 is 5.84 Å². The van der Waals surface area contributed by atoms with E-state index in [2.05, 4.69) is 22.1 Å². The van der Waals surface area contributed by atoms with E-state index in [-0.39, 0.29) is 57.2 Å². The first-order valence-corrected chi connectivity index (χ1v) is 12.6. The minimum atomic E-state index is 0. The molecule has 0 spiro atoms. The van der Waals surface area contributed by atoms with E-state index in [0.29, 0.717) is 11.6 Å². The van der Waals surface area contributed by atoms with Crippen LogP contribution < -0.4 is 72.5 Å². The Hall–Kier alpha value is -1.65. The first-order valence-electron chi connectivity index (χ1n) is 12.6. The van der Waals surface area contributed by atoms with Crippen LogP contribution in [-0.2, 0) is 0 Å². The molecule has 8 heteroatoms. The fourth-order valence-electron chi connectivity index (χ4n) is 4.84. The Kier molecular flexibility index (Phi) is 12.0. The van der Waals surface area contributed by atoms with Gasteiger partial charge in [-0.25, -0.2) is 0 Å². The number of nitrogens with one attached hydrogen (secondary N) is 3. The molecule has 0 amide bonds. The van der Waals surface area contributed by atoms with Gasteiger partial charge in [0, 0.05) is 37.4 Å². The van der Waals surface area contributed by atoms with Gasteiger partial charge in [0.25, 0.3) is 0 Å². The molecule has 5 N–H and O–H groups in total. The van der Waals surface area contributed by atoms with Crippen LogP contribution in [0.25, 0.3) is 16.6 Å². The maximum Gasteiger partial charge on any atom is 1.00 e.